The van der Waals surface area contributed by atoms with Crippen LogP contribution < -0.4 is 20.3 Å². The highest BCUT2D eigenvalue weighted by Crippen LogP contribution is 2.39. The number of nitrogens with zero attached hydrogens (tertiary/aromatic N) is 2. The minimum atomic E-state index is -0.367. The lowest BCUT2D eigenvalue weighted by Gasteiger charge is -2.32. The Bertz CT molecular complexity index is 1810. The first-order chi connectivity index (χ1) is 23.8. The monoisotopic (exact) mass is 734 g/mol. The molecule has 1 unspecified atom stereocenters. The summed E-state index contributed by atoms with van der Waals surface area (Å²) in [5.41, 5.74) is 4.08. The zero-order chi connectivity index (χ0) is 34.3. The van der Waals surface area contributed by atoms with Crippen molar-refractivity contribution >= 4 is 64.7 Å². The summed E-state index contributed by atoms with van der Waals surface area (Å²) in [6.07, 6.45) is 3.60. The van der Waals surface area contributed by atoms with Crippen LogP contribution in [0.4, 0.5) is 11.4 Å². The lowest BCUT2D eigenvalue weighted by atomic mass is 9.90. The van der Waals surface area contributed by atoms with Crippen molar-refractivity contribution in [2.24, 2.45) is 0 Å². The van der Waals surface area contributed by atoms with Crippen LogP contribution in [0.5, 0.6) is 5.75 Å². The van der Waals surface area contributed by atoms with Gasteiger partial charge in [-0.1, -0.05) is 65.7 Å². The van der Waals surface area contributed by atoms with E-state index in [1.54, 1.807) is 53.4 Å². The molecule has 2 aliphatic rings. The Kier molecular flexibility index (Phi) is 12.8. The lowest BCUT2D eigenvalue weighted by molar-refractivity contribution is -0.122. The second-order valence-corrected chi connectivity index (χ2v) is 13.5. The van der Waals surface area contributed by atoms with E-state index in [2.05, 4.69) is 39.8 Å². The number of carbonyl (C=O) groups is 3. The molecule has 50 heavy (non-hydrogen) atoms. The number of carbonyl (C=O) groups excluding carboxylic acids is 3. The summed E-state index contributed by atoms with van der Waals surface area (Å²) >= 11 is 12.7. The fraction of sp³-hybridized carbons (Fsp3) is 0.308. The van der Waals surface area contributed by atoms with Gasteiger partial charge in [-0.3, -0.25) is 19.3 Å². The number of amides is 3. The molecule has 0 aliphatic carbocycles. The SMILES string of the molecule is COc1cc(NC(=O)c2ccccc2Cl)ccc1C(=O)N1CCCC(CC(=O)NC2CCN(Cc3ccccc3)CC2)c2cc(Cl)ccc21.Cl. The molecule has 0 saturated carbocycles. The zero-order valence-corrected chi connectivity index (χ0v) is 30.2. The molecule has 4 aromatic carbocycles. The Labute approximate surface area is 309 Å². The van der Waals surface area contributed by atoms with E-state index in [-0.39, 0.29) is 42.1 Å². The number of halogens is 3. The number of fused-ring (bicyclic) bond motifs is 1. The molecule has 2 N–H and O–H groups in total. The summed E-state index contributed by atoms with van der Waals surface area (Å²) in [4.78, 5) is 44.6. The number of methoxy groups -OCH3 is 1. The van der Waals surface area contributed by atoms with E-state index in [1.807, 2.05) is 18.2 Å². The molecule has 2 aliphatic heterocycles. The molecule has 0 bridgehead atoms. The van der Waals surface area contributed by atoms with Gasteiger partial charge in [-0.25, -0.2) is 0 Å². The van der Waals surface area contributed by atoms with E-state index in [9.17, 15) is 14.4 Å². The highest BCUT2D eigenvalue weighted by molar-refractivity contribution is 6.34. The minimum Gasteiger partial charge on any atom is -0.496 e. The summed E-state index contributed by atoms with van der Waals surface area (Å²) in [6.45, 7) is 3.28. The van der Waals surface area contributed by atoms with E-state index in [0.29, 0.717) is 52.0 Å². The first-order valence-electron chi connectivity index (χ1n) is 16.7. The number of ether oxygens (including phenoxy) is 1. The highest BCUT2D eigenvalue weighted by atomic mass is 35.5. The second-order valence-electron chi connectivity index (χ2n) is 12.7. The first kappa shape index (κ1) is 37.2. The predicted molar refractivity (Wildman–Crippen MR) is 202 cm³/mol. The third kappa shape index (κ3) is 8.98. The standard InChI is InChI=1S/C39H40Cl2N4O4.ClH/c1-49-36-24-30(43-38(47)31-11-5-6-12-34(31)41)14-15-32(36)39(48)45-19-7-10-27(33-23-28(40)13-16-35(33)45)22-37(46)42-29-17-20-44(21-18-29)25-26-8-3-2-4-9-26;/h2-6,8-9,11-16,23-24,27,29H,7,10,17-22,25H2,1H3,(H,42,46)(H,43,47);1H. The molecule has 262 valence electrons. The number of rotatable bonds is 9. The molecule has 2 heterocycles. The molecule has 0 radical (unpaired) electrons. The Morgan fingerprint density at radius 2 is 1.58 bits per heavy atom. The topological polar surface area (TPSA) is 91.0 Å². The third-order valence-electron chi connectivity index (χ3n) is 9.34. The molecule has 3 amide bonds. The summed E-state index contributed by atoms with van der Waals surface area (Å²) in [7, 11) is 1.49. The van der Waals surface area contributed by atoms with Gasteiger partial charge in [-0.05, 0) is 85.2 Å². The van der Waals surface area contributed by atoms with Crippen LogP contribution in [0.3, 0.4) is 0 Å². The maximum absolute atomic E-state index is 14.1. The van der Waals surface area contributed by atoms with Crippen LogP contribution in [0.15, 0.2) is 91.0 Å². The van der Waals surface area contributed by atoms with Gasteiger partial charge in [0.25, 0.3) is 11.8 Å². The number of hydrogen-bond donors (Lipinski definition) is 2. The van der Waals surface area contributed by atoms with Crippen LogP contribution in [0.2, 0.25) is 10.0 Å². The van der Waals surface area contributed by atoms with Gasteiger partial charge in [-0.15, -0.1) is 12.4 Å². The van der Waals surface area contributed by atoms with Crippen LogP contribution in [0.1, 0.15) is 69.9 Å². The van der Waals surface area contributed by atoms with Gasteiger partial charge in [0.1, 0.15) is 5.75 Å². The third-order valence-corrected chi connectivity index (χ3v) is 9.91. The van der Waals surface area contributed by atoms with Crippen molar-refractivity contribution in [3.63, 3.8) is 0 Å². The zero-order valence-electron chi connectivity index (χ0n) is 27.9. The van der Waals surface area contributed by atoms with Gasteiger partial charge in [0.05, 0.1) is 23.3 Å². The molecular formula is C39H41Cl3N4O4. The van der Waals surface area contributed by atoms with Gasteiger partial charge < -0.3 is 20.3 Å². The Balaban J connectivity index is 0.00000486. The van der Waals surface area contributed by atoms with Crippen LogP contribution in [0, 0.1) is 0 Å². The van der Waals surface area contributed by atoms with Crippen molar-refractivity contribution < 1.29 is 19.1 Å². The van der Waals surface area contributed by atoms with Crippen LogP contribution in [-0.4, -0.2) is 55.4 Å². The molecule has 1 atom stereocenters. The number of benzene rings is 4. The maximum atomic E-state index is 14.1. The van der Waals surface area contributed by atoms with E-state index in [4.69, 9.17) is 27.9 Å². The molecule has 11 heteroatoms. The molecule has 0 aromatic heterocycles. The summed E-state index contributed by atoms with van der Waals surface area (Å²) in [5, 5.41) is 7.02. The number of hydrogen-bond acceptors (Lipinski definition) is 5. The normalized spacial score (nSPS) is 16.4. The average Bonchev–Trinajstić information content (AvgIpc) is 3.28. The number of likely N-dealkylation sites (tertiary alicyclic amines) is 1. The van der Waals surface area contributed by atoms with Gasteiger partial charge in [0.15, 0.2) is 0 Å². The fourth-order valence-electron chi connectivity index (χ4n) is 6.82. The summed E-state index contributed by atoms with van der Waals surface area (Å²) in [6, 6.07) is 27.9. The Morgan fingerprint density at radius 1 is 0.840 bits per heavy atom. The van der Waals surface area contributed by atoms with E-state index in [0.717, 1.165) is 50.1 Å². The largest absolute Gasteiger partial charge is 0.496 e. The molecular weight excluding hydrogens is 695 g/mol. The summed E-state index contributed by atoms with van der Waals surface area (Å²) in [5.74, 6) is -0.347. The van der Waals surface area contributed by atoms with Gasteiger partial charge in [0.2, 0.25) is 5.91 Å². The van der Waals surface area contributed by atoms with Crippen molar-refractivity contribution in [2.45, 2.75) is 50.6 Å². The Morgan fingerprint density at radius 3 is 2.32 bits per heavy atom. The second kappa shape index (κ2) is 17.2. The smallest absolute Gasteiger partial charge is 0.262 e. The average molecular weight is 736 g/mol. The van der Waals surface area contributed by atoms with E-state index in [1.165, 1.54) is 12.7 Å². The van der Waals surface area contributed by atoms with Gasteiger partial charge in [-0.2, -0.15) is 0 Å². The first-order valence-corrected chi connectivity index (χ1v) is 17.5. The summed E-state index contributed by atoms with van der Waals surface area (Å²) < 4.78 is 5.63. The minimum absolute atomic E-state index is 0. The van der Waals surface area contributed by atoms with Crippen LogP contribution in [0.25, 0.3) is 0 Å². The quantitative estimate of drug-likeness (QED) is 0.180. The molecule has 0 spiro atoms. The molecule has 1 fully saturated rings. The van der Waals surface area contributed by atoms with E-state index >= 15 is 0 Å². The van der Waals surface area contributed by atoms with Gasteiger partial charge >= 0.3 is 0 Å². The van der Waals surface area contributed by atoms with Crippen molar-refractivity contribution in [3.8, 4) is 5.75 Å². The molecule has 1 saturated heterocycles. The van der Waals surface area contributed by atoms with Gasteiger partial charge in [0, 0.05) is 61.1 Å². The van der Waals surface area contributed by atoms with Crippen molar-refractivity contribution in [2.75, 3.05) is 37.0 Å². The number of anilines is 2. The molecule has 6 rings (SSSR count). The molecule has 8 nitrogen and oxygen atoms in total. The predicted octanol–water partition coefficient (Wildman–Crippen LogP) is 8.37. The fourth-order valence-corrected chi connectivity index (χ4v) is 7.22. The van der Waals surface area contributed by atoms with E-state index < -0.39 is 0 Å². The number of nitrogens with one attached hydrogen (secondary N) is 2. The Hall–Kier alpha value is -4.08. The van der Waals surface area contributed by atoms with Crippen LogP contribution >= 0.6 is 35.6 Å². The lowest BCUT2D eigenvalue weighted by Crippen LogP contribution is -2.44. The number of piperidine rings is 1. The van der Waals surface area contributed by atoms with Crippen molar-refractivity contribution in [3.05, 3.63) is 123 Å². The highest BCUT2D eigenvalue weighted by Gasteiger charge is 2.31. The van der Waals surface area contributed by atoms with Crippen LogP contribution in [-0.2, 0) is 11.3 Å². The molecule has 4 aromatic rings. The maximum Gasteiger partial charge on any atom is 0.262 e. The van der Waals surface area contributed by atoms with Crippen molar-refractivity contribution in [1.82, 2.24) is 10.2 Å². The van der Waals surface area contributed by atoms with Crippen molar-refractivity contribution in [1.29, 1.82) is 0 Å².